The van der Waals surface area contributed by atoms with Gasteiger partial charge in [0.05, 0.1) is 9.79 Å². The summed E-state index contributed by atoms with van der Waals surface area (Å²) in [5.74, 6) is -0.906. The Hall–Kier alpha value is -2.07. The summed E-state index contributed by atoms with van der Waals surface area (Å²) in [5.41, 5.74) is 1.65. The molecule has 7 nitrogen and oxygen atoms in total. The Bertz CT molecular complexity index is 913. The maximum Gasteiger partial charge on any atom is 0.299 e. The quantitative estimate of drug-likeness (QED) is 0.521. The van der Waals surface area contributed by atoms with Gasteiger partial charge in [-0.1, -0.05) is 35.4 Å². The van der Waals surface area contributed by atoms with Crippen LogP contribution in [0.1, 0.15) is 18.1 Å². The number of hydrogen-bond donors (Lipinski definition) is 0. The number of hydrogen-bond acceptors (Lipinski definition) is 7. The van der Waals surface area contributed by atoms with Crippen LogP contribution in [-0.2, 0) is 33.4 Å². The van der Waals surface area contributed by atoms with Crippen LogP contribution in [0.3, 0.4) is 0 Å². The highest BCUT2D eigenvalue weighted by atomic mass is 32.2. The van der Waals surface area contributed by atoms with Gasteiger partial charge in [0.1, 0.15) is 0 Å². The molecule has 0 aliphatic rings. The predicted octanol–water partition coefficient (Wildman–Crippen LogP) is 2.33. The number of rotatable bonds is 7. The zero-order valence-corrected chi connectivity index (χ0v) is 16.0. The van der Waals surface area contributed by atoms with Crippen LogP contribution in [0, 0.1) is 13.8 Å². The summed E-state index contributed by atoms with van der Waals surface area (Å²) in [7, 11) is -8.79. The molecule has 9 heteroatoms. The van der Waals surface area contributed by atoms with Crippen LogP contribution in [0.25, 0.3) is 0 Å². The maximum atomic E-state index is 12.3. The first-order valence-corrected chi connectivity index (χ1v) is 10.3. The summed E-state index contributed by atoms with van der Waals surface area (Å²) in [6.07, 6.45) is -2.12. The molecule has 0 saturated carbocycles. The zero-order valence-electron chi connectivity index (χ0n) is 14.4. The topological polar surface area (TPSA) is 104 Å². The van der Waals surface area contributed by atoms with E-state index < -0.39 is 32.3 Å². The molecule has 0 saturated heterocycles. The lowest BCUT2D eigenvalue weighted by molar-refractivity contribution is -0.134. The lowest BCUT2D eigenvalue weighted by Crippen LogP contribution is -2.31. The van der Waals surface area contributed by atoms with Crippen LogP contribution in [0.15, 0.2) is 58.3 Å². The van der Waals surface area contributed by atoms with Crippen LogP contribution in [0.4, 0.5) is 0 Å². The van der Waals surface area contributed by atoms with Gasteiger partial charge in [0.2, 0.25) is 0 Å². The van der Waals surface area contributed by atoms with E-state index >= 15 is 0 Å². The molecule has 0 aliphatic heterocycles. The molecule has 0 bridgehead atoms. The molecular weight excluding hydrogens is 380 g/mol. The molecule has 140 valence electrons. The molecule has 0 amide bonds. The van der Waals surface area contributed by atoms with E-state index in [1.165, 1.54) is 24.3 Å². The third-order valence-electron chi connectivity index (χ3n) is 3.38. The van der Waals surface area contributed by atoms with Gasteiger partial charge in [0.25, 0.3) is 26.5 Å². The standard InChI is InChI=1S/C17H18O7S2/c1-12-4-8-15(9-5-12)25(19,20)23-17(14(3)18)24-26(21,22)16-10-6-13(2)7-11-16/h4-11,17H,1-3H3. The van der Waals surface area contributed by atoms with E-state index in [0.717, 1.165) is 18.1 Å². The Morgan fingerprint density at radius 1 is 0.731 bits per heavy atom. The highest BCUT2D eigenvalue weighted by molar-refractivity contribution is 7.87. The van der Waals surface area contributed by atoms with E-state index in [0.29, 0.717) is 0 Å². The van der Waals surface area contributed by atoms with Crippen LogP contribution in [-0.4, -0.2) is 28.9 Å². The van der Waals surface area contributed by atoms with E-state index in [4.69, 9.17) is 8.37 Å². The Morgan fingerprint density at radius 2 is 1.04 bits per heavy atom. The fraction of sp³-hybridized carbons (Fsp3) is 0.235. The monoisotopic (exact) mass is 398 g/mol. The van der Waals surface area contributed by atoms with E-state index in [1.54, 1.807) is 38.1 Å². The molecule has 0 fully saturated rings. The van der Waals surface area contributed by atoms with E-state index in [2.05, 4.69) is 0 Å². The van der Waals surface area contributed by atoms with E-state index in [9.17, 15) is 21.6 Å². The fourth-order valence-electron chi connectivity index (χ4n) is 1.90. The van der Waals surface area contributed by atoms with Gasteiger partial charge in [0.15, 0.2) is 5.78 Å². The minimum absolute atomic E-state index is 0.217. The van der Waals surface area contributed by atoms with Gasteiger partial charge < -0.3 is 0 Å². The number of ketones is 1. The average Bonchev–Trinajstić information content (AvgIpc) is 2.54. The SMILES string of the molecule is CC(=O)C(OS(=O)(=O)c1ccc(C)cc1)OS(=O)(=O)c1ccc(C)cc1. The molecule has 0 atom stereocenters. The van der Waals surface area contributed by atoms with Crippen LogP contribution < -0.4 is 0 Å². The molecule has 0 aliphatic carbocycles. The van der Waals surface area contributed by atoms with Gasteiger partial charge in [-0.2, -0.15) is 16.8 Å². The summed E-state index contributed by atoms with van der Waals surface area (Å²) in [4.78, 5) is 11.3. The third-order valence-corrected chi connectivity index (χ3v) is 5.93. The number of carbonyl (C=O) groups is 1. The number of benzene rings is 2. The molecular formula is C17H18O7S2. The van der Waals surface area contributed by atoms with Gasteiger partial charge >= 0.3 is 0 Å². The molecule has 0 N–H and O–H groups in total. The Labute approximate surface area is 152 Å². The predicted molar refractivity (Wildman–Crippen MR) is 93.4 cm³/mol. The Balaban J connectivity index is 2.27. The molecule has 2 aromatic carbocycles. The number of Topliss-reactive ketones (excluding diaryl/α,β-unsaturated/α-hetero) is 1. The van der Waals surface area contributed by atoms with Crippen LogP contribution >= 0.6 is 0 Å². The molecule has 0 spiro atoms. The van der Waals surface area contributed by atoms with Crippen molar-refractivity contribution >= 4 is 26.0 Å². The lowest BCUT2D eigenvalue weighted by Gasteiger charge is -2.15. The second-order valence-corrected chi connectivity index (χ2v) is 8.81. The molecule has 2 rings (SSSR count). The summed E-state index contributed by atoms with van der Waals surface area (Å²) >= 11 is 0. The number of aryl methyl sites for hydroxylation is 2. The first-order chi connectivity index (χ1) is 12.0. The van der Waals surface area contributed by atoms with Gasteiger partial charge in [-0.3, -0.25) is 4.79 Å². The van der Waals surface area contributed by atoms with Crippen molar-refractivity contribution in [2.24, 2.45) is 0 Å². The first kappa shape index (κ1) is 20.2. The van der Waals surface area contributed by atoms with E-state index in [-0.39, 0.29) is 9.79 Å². The molecule has 0 radical (unpaired) electrons. The minimum Gasteiger partial charge on any atom is -0.294 e. The van der Waals surface area contributed by atoms with Crippen molar-refractivity contribution in [1.29, 1.82) is 0 Å². The summed E-state index contributed by atoms with van der Waals surface area (Å²) in [6, 6.07) is 11.3. The van der Waals surface area contributed by atoms with Crippen LogP contribution in [0.2, 0.25) is 0 Å². The molecule has 26 heavy (non-hydrogen) atoms. The highest BCUT2D eigenvalue weighted by Gasteiger charge is 2.31. The van der Waals surface area contributed by atoms with Gasteiger partial charge in [-0.15, -0.1) is 0 Å². The summed E-state index contributed by atoms with van der Waals surface area (Å²) < 4.78 is 58.6. The maximum absolute atomic E-state index is 12.3. The van der Waals surface area contributed by atoms with Crippen molar-refractivity contribution in [3.05, 3.63) is 59.7 Å². The normalized spacial score (nSPS) is 12.3. The Morgan fingerprint density at radius 3 is 1.31 bits per heavy atom. The smallest absolute Gasteiger partial charge is 0.294 e. The van der Waals surface area contributed by atoms with Crippen molar-refractivity contribution in [2.45, 2.75) is 36.9 Å². The summed E-state index contributed by atoms with van der Waals surface area (Å²) in [5, 5.41) is 0. The molecule has 0 unspecified atom stereocenters. The second kappa shape index (κ2) is 7.67. The summed E-state index contributed by atoms with van der Waals surface area (Å²) in [6.45, 7) is 4.51. The average molecular weight is 398 g/mol. The van der Waals surface area contributed by atoms with Gasteiger partial charge in [-0.25, -0.2) is 8.37 Å². The molecule has 2 aromatic rings. The highest BCUT2D eigenvalue weighted by Crippen LogP contribution is 2.20. The largest absolute Gasteiger partial charge is 0.299 e. The minimum atomic E-state index is -4.39. The fourth-order valence-corrected chi connectivity index (χ4v) is 3.92. The molecule has 0 heterocycles. The van der Waals surface area contributed by atoms with E-state index in [1.807, 2.05) is 0 Å². The zero-order chi connectivity index (χ0) is 19.5. The number of carbonyl (C=O) groups excluding carboxylic acids is 1. The second-order valence-electron chi connectivity index (χ2n) is 5.67. The van der Waals surface area contributed by atoms with Gasteiger partial charge in [-0.05, 0) is 45.0 Å². The van der Waals surface area contributed by atoms with Crippen molar-refractivity contribution in [2.75, 3.05) is 0 Å². The Kier molecular flexibility index (Phi) is 5.97. The lowest BCUT2D eigenvalue weighted by atomic mass is 10.2. The first-order valence-electron chi connectivity index (χ1n) is 7.52. The van der Waals surface area contributed by atoms with Gasteiger partial charge in [0, 0.05) is 0 Å². The van der Waals surface area contributed by atoms with Crippen molar-refractivity contribution in [1.82, 2.24) is 0 Å². The third kappa shape index (κ3) is 4.98. The van der Waals surface area contributed by atoms with Crippen molar-refractivity contribution in [3.63, 3.8) is 0 Å². The van der Waals surface area contributed by atoms with Crippen molar-refractivity contribution in [3.8, 4) is 0 Å². The van der Waals surface area contributed by atoms with Crippen molar-refractivity contribution < 1.29 is 30.0 Å². The molecule has 0 aromatic heterocycles. The van der Waals surface area contributed by atoms with Crippen LogP contribution in [0.5, 0.6) is 0 Å².